The normalized spacial score (nSPS) is 10.8. The molecule has 0 aliphatic rings. The molecule has 0 amide bonds. The molecule has 0 atom stereocenters. The third-order valence-electron chi connectivity index (χ3n) is 26.9. The fourth-order valence-electron chi connectivity index (χ4n) is 17.0. The van der Waals surface area contributed by atoms with Crippen LogP contribution >= 0.6 is 0 Å². The summed E-state index contributed by atoms with van der Waals surface area (Å²) in [5.74, 6) is 6.08. The Morgan fingerprint density at radius 1 is 0.156 bits per heavy atom. The number of benzene rings is 12. The zero-order valence-corrected chi connectivity index (χ0v) is 88.6. The molecule has 0 radical (unpaired) electrons. The molecule has 12 aromatic carbocycles. The van der Waals surface area contributed by atoms with Gasteiger partial charge in [-0.15, -0.1) is 0 Å². The van der Waals surface area contributed by atoms with Gasteiger partial charge in [-0.25, -0.2) is 0 Å². The Morgan fingerprint density at radius 2 is 0.341 bits per heavy atom. The van der Waals surface area contributed by atoms with Crippen LogP contribution in [0, 0.1) is 83.1 Å². The van der Waals surface area contributed by atoms with Crippen molar-refractivity contribution in [1.82, 2.24) is 0 Å². The first-order chi connectivity index (χ1) is 65.5. The molecule has 0 heterocycles. The van der Waals surface area contributed by atoms with Crippen LogP contribution in [-0.4, -0.2) is 40.1 Å². The average molecular weight is 1820 g/mol. The molecule has 0 saturated carbocycles. The maximum absolute atomic E-state index is 6.02. The second-order valence-corrected chi connectivity index (χ2v) is 37.1. The van der Waals surface area contributed by atoms with Gasteiger partial charge in [0.2, 0.25) is 0 Å². The molecule has 0 fully saturated rings. The molecule has 0 N–H and O–H groups in total. The standard InChI is InChI=1S/C24H34O.C23H32O.C22H30O.C21H28O.C20H26O.C19H24O/c1-5-7-9-10-18-25-24-17-16-23(19(3)20(24)4)22-14-12-21(13-15-22)11-8-6-2;1-5-7-9-17-24-23-16-15-22(18(3)19(23)4)21-13-11-20(12-14-21)10-8-6-2;1-5-7-9-19-10-12-20(13-11-19)21-14-15-22(18(4)17(21)3)23-16-8-6-2;1-5-7-8-18-9-11-19(12-10-18)20-13-14-21(22-15-6-2)17(4)16(20)3;1-5-7-8-17-9-11-18(12-10-17)19-13-14-20(21-6-2)16(4)15(19)3;1-5-6-7-16-8-10-17(11-9-16)18-12-13-19(20-4)15(3)14(18)2/h12-17H,5-11,18H2,1-4H3;11-16H,5-10,17H2,1-4H3;10-15H,5-9,16H2,1-4H3;9-14H,5-8,15H2,1-4H3;9-14H,5-8H2,1-4H3;8-13H,5-7H2,1-4H3. The summed E-state index contributed by atoms with van der Waals surface area (Å²) in [6, 6.07) is 80.0. The van der Waals surface area contributed by atoms with Crippen molar-refractivity contribution in [3.63, 3.8) is 0 Å². The van der Waals surface area contributed by atoms with Gasteiger partial charge in [-0.1, -0.05) is 328 Å². The average Bonchev–Trinajstić information content (AvgIpc) is 0.833. The van der Waals surface area contributed by atoms with Gasteiger partial charge in [-0.3, -0.25) is 0 Å². The molecule has 135 heavy (non-hydrogen) atoms. The van der Waals surface area contributed by atoms with Crippen molar-refractivity contribution in [2.75, 3.05) is 40.1 Å². The van der Waals surface area contributed by atoms with Gasteiger partial charge < -0.3 is 28.4 Å². The van der Waals surface area contributed by atoms with Gasteiger partial charge in [0.1, 0.15) is 34.5 Å². The minimum atomic E-state index is 0.714. The zero-order chi connectivity index (χ0) is 97.8. The second-order valence-electron chi connectivity index (χ2n) is 37.1. The van der Waals surface area contributed by atoms with Crippen LogP contribution in [0.2, 0.25) is 0 Å². The summed E-state index contributed by atoms with van der Waals surface area (Å²) in [7, 11) is 1.73. The summed E-state index contributed by atoms with van der Waals surface area (Å²) >= 11 is 0. The summed E-state index contributed by atoms with van der Waals surface area (Å²) in [6.07, 6.45) is 34.1. The van der Waals surface area contributed by atoms with Gasteiger partial charge in [0.05, 0.1) is 40.1 Å². The highest BCUT2D eigenvalue weighted by atomic mass is 16.5. The van der Waals surface area contributed by atoms with Crippen molar-refractivity contribution in [1.29, 1.82) is 0 Å². The van der Waals surface area contributed by atoms with E-state index in [1.165, 1.54) is 321 Å². The van der Waals surface area contributed by atoms with Gasteiger partial charge in [-0.2, -0.15) is 0 Å². The molecule has 0 aliphatic carbocycles. The van der Waals surface area contributed by atoms with Crippen LogP contribution < -0.4 is 28.4 Å². The third-order valence-corrected chi connectivity index (χ3v) is 26.9. The quantitative estimate of drug-likeness (QED) is 0.0355. The predicted molar refractivity (Wildman–Crippen MR) is 588 cm³/mol. The SMILES string of the molecule is CCCCCCOc1ccc(-c2ccc(CCCC)cc2)c(C)c1C.CCCCCOc1ccc(-c2ccc(CCCC)cc2)c(C)c1C.CCCCOc1ccc(-c2ccc(CCCC)cc2)c(C)c1C.CCCCc1ccc(-c2ccc(OC)c(C)c2C)cc1.CCCCc1ccc(-c2ccc(OCC)c(C)c2C)cc1.CCCCc1ccc(-c2ccc(OCCC)c(C)c2C)cc1. The molecule has 6 heteroatoms. The maximum Gasteiger partial charge on any atom is 0.122 e. The van der Waals surface area contributed by atoms with Crippen molar-refractivity contribution in [3.8, 4) is 101 Å². The third kappa shape index (κ3) is 35.5. The summed E-state index contributed by atoms with van der Waals surface area (Å²) in [5.41, 5.74) is 39.6. The Hall–Kier alpha value is -10.6. The molecule has 0 spiro atoms. The fourth-order valence-corrected chi connectivity index (χ4v) is 17.0. The topological polar surface area (TPSA) is 55.4 Å². The van der Waals surface area contributed by atoms with Gasteiger partial charge in [-0.05, 0) is 396 Å². The van der Waals surface area contributed by atoms with E-state index < -0.39 is 0 Å². The van der Waals surface area contributed by atoms with Gasteiger partial charge in [0.25, 0.3) is 0 Å². The number of rotatable bonds is 45. The van der Waals surface area contributed by atoms with Gasteiger partial charge >= 0.3 is 0 Å². The Balaban J connectivity index is 0.000000221. The van der Waals surface area contributed by atoms with E-state index in [-0.39, 0.29) is 0 Å². The molecular formula is C129H174O6. The number of hydrogen-bond acceptors (Lipinski definition) is 6. The molecule has 726 valence electrons. The lowest BCUT2D eigenvalue weighted by Crippen LogP contribution is -2.00. The van der Waals surface area contributed by atoms with E-state index in [0.717, 1.165) is 86.6 Å². The molecule has 0 unspecified atom stereocenters. The molecule has 6 nitrogen and oxygen atoms in total. The van der Waals surface area contributed by atoms with E-state index in [4.69, 9.17) is 28.4 Å². The lowest BCUT2D eigenvalue weighted by Gasteiger charge is -2.15. The van der Waals surface area contributed by atoms with E-state index in [9.17, 15) is 0 Å². The Bertz CT molecular complexity index is 5360. The van der Waals surface area contributed by atoms with Crippen molar-refractivity contribution in [3.05, 3.63) is 319 Å². The van der Waals surface area contributed by atoms with Crippen LogP contribution in [0.4, 0.5) is 0 Å². The summed E-state index contributed by atoms with van der Waals surface area (Å²) < 4.78 is 34.8. The Kier molecular flexibility index (Phi) is 51.4. The van der Waals surface area contributed by atoms with Crippen LogP contribution in [0.1, 0.15) is 318 Å². The minimum absolute atomic E-state index is 0.714. The summed E-state index contributed by atoms with van der Waals surface area (Å²) in [5, 5.41) is 0. The largest absolute Gasteiger partial charge is 0.496 e. The number of unbranched alkanes of at least 4 members (excludes halogenated alkanes) is 12. The number of ether oxygens (including phenoxy) is 6. The highest BCUT2D eigenvalue weighted by Gasteiger charge is 2.17. The van der Waals surface area contributed by atoms with Crippen LogP contribution in [0.15, 0.2) is 218 Å². The molecule has 12 aromatic rings. The van der Waals surface area contributed by atoms with E-state index in [1.54, 1.807) is 7.11 Å². The van der Waals surface area contributed by atoms with Crippen molar-refractivity contribution in [2.24, 2.45) is 0 Å². The van der Waals surface area contributed by atoms with Gasteiger partial charge in [0, 0.05) is 0 Å². The second kappa shape index (κ2) is 62.2. The lowest BCUT2D eigenvalue weighted by atomic mass is 9.95. The number of methoxy groups -OCH3 is 1. The Labute approximate surface area is 822 Å². The van der Waals surface area contributed by atoms with Crippen LogP contribution in [0.3, 0.4) is 0 Å². The fraction of sp³-hybridized carbons (Fsp3) is 0.442. The van der Waals surface area contributed by atoms with E-state index in [2.05, 4.69) is 371 Å². The molecule has 12 rings (SSSR count). The lowest BCUT2D eigenvalue weighted by molar-refractivity contribution is 0.303. The molecule has 0 aliphatic heterocycles. The summed E-state index contributed by atoms with van der Waals surface area (Å²) in [4.78, 5) is 0. The van der Waals surface area contributed by atoms with E-state index >= 15 is 0 Å². The molecule has 0 bridgehead atoms. The first kappa shape index (κ1) is 111. The monoisotopic (exact) mass is 1820 g/mol. The number of hydrogen-bond donors (Lipinski definition) is 0. The number of aryl methyl sites for hydroxylation is 6. The summed E-state index contributed by atoms with van der Waals surface area (Å²) in [6.45, 7) is 54.3. The van der Waals surface area contributed by atoms with Crippen molar-refractivity contribution in [2.45, 2.75) is 339 Å². The highest BCUT2D eigenvalue weighted by Crippen LogP contribution is 2.39. The van der Waals surface area contributed by atoms with Crippen molar-refractivity contribution >= 4 is 0 Å². The first-order valence-corrected chi connectivity index (χ1v) is 52.4. The first-order valence-electron chi connectivity index (χ1n) is 52.4. The maximum atomic E-state index is 6.02. The van der Waals surface area contributed by atoms with Crippen LogP contribution in [0.5, 0.6) is 34.5 Å². The Morgan fingerprint density at radius 3 is 0.548 bits per heavy atom. The van der Waals surface area contributed by atoms with Crippen molar-refractivity contribution < 1.29 is 28.4 Å². The van der Waals surface area contributed by atoms with Crippen LogP contribution in [0.25, 0.3) is 66.8 Å². The molecule has 0 saturated heterocycles. The minimum Gasteiger partial charge on any atom is -0.496 e. The zero-order valence-electron chi connectivity index (χ0n) is 88.6. The van der Waals surface area contributed by atoms with Crippen LogP contribution in [-0.2, 0) is 38.5 Å². The predicted octanol–water partition coefficient (Wildman–Crippen LogP) is 37.8. The van der Waals surface area contributed by atoms with E-state index in [0.29, 0.717) is 6.61 Å². The smallest absolute Gasteiger partial charge is 0.122 e. The molecule has 0 aromatic heterocycles. The molecular weight excluding hydrogens is 1650 g/mol. The van der Waals surface area contributed by atoms with E-state index in [1.807, 2.05) is 6.92 Å². The highest BCUT2D eigenvalue weighted by molar-refractivity contribution is 5.76. The van der Waals surface area contributed by atoms with Gasteiger partial charge in [0.15, 0.2) is 0 Å².